The van der Waals surface area contributed by atoms with Crippen LogP contribution in [-0.4, -0.2) is 4.98 Å². The standard InChI is InChI=1S/C27H21N.C2H4/c1-27(2)23-16-19(17-8-4-3-5-9-17)13-14-21(23)26-24(27)22-15-12-18-10-6-7-11-20(18)25(22)28-26;1-2/h3-16,28H,1-2H3;1-2H2. The van der Waals surface area contributed by atoms with Crippen LogP contribution >= 0.6 is 0 Å². The van der Waals surface area contributed by atoms with Crippen molar-refractivity contribution >= 4 is 21.7 Å². The lowest BCUT2D eigenvalue weighted by molar-refractivity contribution is 0.667. The van der Waals surface area contributed by atoms with Gasteiger partial charge in [0.1, 0.15) is 0 Å². The molecule has 0 bridgehead atoms. The van der Waals surface area contributed by atoms with E-state index in [0.29, 0.717) is 0 Å². The zero-order valence-electron chi connectivity index (χ0n) is 17.5. The summed E-state index contributed by atoms with van der Waals surface area (Å²) in [5.41, 5.74) is 9.23. The van der Waals surface area contributed by atoms with Gasteiger partial charge in [0.05, 0.1) is 11.2 Å². The normalized spacial score (nSPS) is 13.5. The van der Waals surface area contributed by atoms with Gasteiger partial charge in [-0.05, 0) is 33.7 Å². The maximum atomic E-state index is 3.79. The molecule has 1 aliphatic rings. The second kappa shape index (κ2) is 6.74. The summed E-state index contributed by atoms with van der Waals surface area (Å²) in [5, 5.41) is 3.93. The smallest absolute Gasteiger partial charge is 0.0541 e. The third-order valence-corrected chi connectivity index (χ3v) is 6.39. The third-order valence-electron chi connectivity index (χ3n) is 6.39. The summed E-state index contributed by atoms with van der Waals surface area (Å²) < 4.78 is 0. The zero-order chi connectivity index (χ0) is 20.9. The first-order chi connectivity index (χ1) is 14.6. The molecule has 0 amide bonds. The quantitative estimate of drug-likeness (QED) is 0.280. The Balaban J connectivity index is 0.000000937. The molecule has 1 N–H and O–H groups in total. The number of H-pyrrole nitrogens is 1. The Bertz CT molecular complexity index is 1390. The van der Waals surface area contributed by atoms with Crippen LogP contribution in [0.15, 0.2) is 98.1 Å². The third kappa shape index (κ3) is 2.48. The summed E-state index contributed by atoms with van der Waals surface area (Å²) in [6.07, 6.45) is 0. The first-order valence-electron chi connectivity index (χ1n) is 10.4. The minimum atomic E-state index is -0.0316. The molecule has 0 aliphatic heterocycles. The Kier molecular flexibility index (Phi) is 4.15. The van der Waals surface area contributed by atoms with Crippen molar-refractivity contribution in [1.82, 2.24) is 4.98 Å². The van der Waals surface area contributed by atoms with Gasteiger partial charge in [-0.25, -0.2) is 0 Å². The van der Waals surface area contributed by atoms with Crippen molar-refractivity contribution in [3.05, 3.63) is 109 Å². The van der Waals surface area contributed by atoms with Gasteiger partial charge in [0.15, 0.2) is 0 Å². The highest BCUT2D eigenvalue weighted by Crippen LogP contribution is 2.52. The van der Waals surface area contributed by atoms with Crippen molar-refractivity contribution in [2.45, 2.75) is 19.3 Å². The summed E-state index contributed by atoms with van der Waals surface area (Å²) in [6, 6.07) is 30.8. The number of fused-ring (bicyclic) bond motifs is 7. The van der Waals surface area contributed by atoms with Gasteiger partial charge in [0.25, 0.3) is 0 Å². The van der Waals surface area contributed by atoms with Gasteiger partial charge in [-0.15, -0.1) is 13.2 Å². The molecule has 1 aromatic heterocycles. The Morgan fingerprint density at radius 2 is 1.43 bits per heavy atom. The highest BCUT2D eigenvalue weighted by molar-refractivity contribution is 6.10. The number of nitrogens with one attached hydrogen (secondary N) is 1. The van der Waals surface area contributed by atoms with E-state index in [2.05, 4.69) is 117 Å². The Hall–Kier alpha value is -3.58. The number of aromatic nitrogens is 1. The number of aromatic amines is 1. The van der Waals surface area contributed by atoms with Crippen LogP contribution in [0.5, 0.6) is 0 Å². The number of benzene rings is 4. The van der Waals surface area contributed by atoms with Crippen molar-refractivity contribution in [2.24, 2.45) is 0 Å². The molecule has 1 heteroatoms. The molecule has 30 heavy (non-hydrogen) atoms. The lowest BCUT2D eigenvalue weighted by Gasteiger charge is -2.22. The highest BCUT2D eigenvalue weighted by Gasteiger charge is 2.38. The Morgan fingerprint density at radius 3 is 2.23 bits per heavy atom. The number of hydrogen-bond acceptors (Lipinski definition) is 0. The maximum absolute atomic E-state index is 3.79. The summed E-state index contributed by atoms with van der Waals surface area (Å²) >= 11 is 0. The van der Waals surface area contributed by atoms with Crippen LogP contribution in [0.25, 0.3) is 44.1 Å². The van der Waals surface area contributed by atoms with E-state index in [0.717, 1.165) is 0 Å². The molecule has 0 saturated heterocycles. The van der Waals surface area contributed by atoms with Crippen LogP contribution in [0.1, 0.15) is 25.0 Å². The van der Waals surface area contributed by atoms with Gasteiger partial charge in [0.2, 0.25) is 0 Å². The second-order valence-electron chi connectivity index (χ2n) is 8.34. The van der Waals surface area contributed by atoms with E-state index in [1.54, 1.807) is 0 Å². The van der Waals surface area contributed by atoms with Crippen molar-refractivity contribution in [3.63, 3.8) is 0 Å². The first-order valence-corrected chi connectivity index (χ1v) is 10.4. The second-order valence-corrected chi connectivity index (χ2v) is 8.34. The fraction of sp³-hybridized carbons (Fsp3) is 0.103. The average Bonchev–Trinajstić information content (AvgIpc) is 3.30. The van der Waals surface area contributed by atoms with Gasteiger partial charge in [-0.3, -0.25) is 0 Å². The monoisotopic (exact) mass is 387 g/mol. The summed E-state index contributed by atoms with van der Waals surface area (Å²) in [4.78, 5) is 3.79. The van der Waals surface area contributed by atoms with Gasteiger partial charge in [-0.2, -0.15) is 0 Å². The van der Waals surface area contributed by atoms with Gasteiger partial charge in [-0.1, -0.05) is 92.7 Å². The first kappa shape index (κ1) is 18.4. The predicted octanol–water partition coefficient (Wildman–Crippen LogP) is 8.10. The van der Waals surface area contributed by atoms with E-state index in [4.69, 9.17) is 0 Å². The van der Waals surface area contributed by atoms with Crippen LogP contribution in [-0.2, 0) is 5.41 Å². The Labute approximate surface area is 177 Å². The number of hydrogen-bond donors (Lipinski definition) is 1. The average molecular weight is 388 g/mol. The molecule has 0 unspecified atom stereocenters. The molecule has 0 fully saturated rings. The molecule has 6 rings (SSSR count). The molecule has 146 valence electrons. The molecule has 0 spiro atoms. The van der Waals surface area contributed by atoms with Crippen LogP contribution in [0.2, 0.25) is 0 Å². The molecule has 1 aliphatic carbocycles. The molecular weight excluding hydrogens is 362 g/mol. The number of rotatable bonds is 1. The predicted molar refractivity (Wildman–Crippen MR) is 130 cm³/mol. The minimum absolute atomic E-state index is 0.0316. The van der Waals surface area contributed by atoms with Gasteiger partial charge < -0.3 is 4.98 Å². The van der Waals surface area contributed by atoms with E-state index in [1.807, 2.05) is 0 Å². The Morgan fingerprint density at radius 1 is 0.700 bits per heavy atom. The maximum Gasteiger partial charge on any atom is 0.0541 e. The molecule has 5 aromatic rings. The van der Waals surface area contributed by atoms with Gasteiger partial charge in [0, 0.05) is 21.8 Å². The summed E-state index contributed by atoms with van der Waals surface area (Å²) in [6.45, 7) is 10.7. The largest absolute Gasteiger partial charge is 0.354 e. The molecule has 1 nitrogen and oxygen atoms in total. The van der Waals surface area contributed by atoms with Crippen LogP contribution in [0.4, 0.5) is 0 Å². The molecule has 0 saturated carbocycles. The lowest BCUT2D eigenvalue weighted by Crippen LogP contribution is -2.15. The van der Waals surface area contributed by atoms with Crippen molar-refractivity contribution < 1.29 is 0 Å². The zero-order valence-corrected chi connectivity index (χ0v) is 17.5. The summed E-state index contributed by atoms with van der Waals surface area (Å²) in [5.74, 6) is 0. The topological polar surface area (TPSA) is 15.8 Å². The van der Waals surface area contributed by atoms with Crippen molar-refractivity contribution in [3.8, 4) is 22.4 Å². The minimum Gasteiger partial charge on any atom is -0.354 e. The van der Waals surface area contributed by atoms with Crippen LogP contribution < -0.4 is 0 Å². The van der Waals surface area contributed by atoms with E-state index in [-0.39, 0.29) is 5.41 Å². The van der Waals surface area contributed by atoms with E-state index >= 15 is 0 Å². The summed E-state index contributed by atoms with van der Waals surface area (Å²) in [7, 11) is 0. The molecular formula is C29H25N. The fourth-order valence-corrected chi connectivity index (χ4v) is 5.01. The van der Waals surface area contributed by atoms with E-state index < -0.39 is 0 Å². The van der Waals surface area contributed by atoms with Crippen molar-refractivity contribution in [1.29, 1.82) is 0 Å². The van der Waals surface area contributed by atoms with E-state index in [1.165, 1.54) is 55.2 Å². The molecule has 1 heterocycles. The van der Waals surface area contributed by atoms with Gasteiger partial charge >= 0.3 is 0 Å². The molecule has 0 atom stereocenters. The van der Waals surface area contributed by atoms with Crippen LogP contribution in [0, 0.1) is 0 Å². The van der Waals surface area contributed by atoms with E-state index in [9.17, 15) is 0 Å². The fourth-order valence-electron chi connectivity index (χ4n) is 5.01. The lowest BCUT2D eigenvalue weighted by atomic mass is 9.80. The van der Waals surface area contributed by atoms with Crippen molar-refractivity contribution in [2.75, 3.05) is 0 Å². The molecule has 4 aromatic carbocycles. The SMILES string of the molecule is C=C.CC1(C)c2cc(-c3ccccc3)ccc2-c2[nH]c3c(ccc4ccccc43)c21. The molecule has 0 radical (unpaired) electrons. The highest BCUT2D eigenvalue weighted by atomic mass is 14.8. The van der Waals surface area contributed by atoms with Crippen LogP contribution in [0.3, 0.4) is 0 Å².